The van der Waals surface area contributed by atoms with E-state index in [-0.39, 0.29) is 35.0 Å². The SMILES string of the molecule is CC(=O)NC(CS)C(=O)O.CC(=O)N[C@@H](CS)C(=O)O.CC(=O)N[C@H](CS)C(=O)O. The van der Waals surface area contributed by atoms with E-state index in [1.807, 2.05) is 0 Å². The Morgan fingerprint density at radius 1 is 0.567 bits per heavy atom. The van der Waals surface area contributed by atoms with Crippen molar-refractivity contribution >= 4 is 73.5 Å². The van der Waals surface area contributed by atoms with Crippen LogP contribution in [0.15, 0.2) is 0 Å². The highest BCUT2D eigenvalue weighted by Crippen LogP contribution is 1.88. The Kier molecular flexibility index (Phi) is 20.5. The lowest BCUT2D eigenvalue weighted by Gasteiger charge is -2.08. The molecule has 0 aromatic carbocycles. The molecule has 0 spiro atoms. The molecule has 0 saturated carbocycles. The van der Waals surface area contributed by atoms with Gasteiger partial charge in [-0.25, -0.2) is 14.4 Å². The normalized spacial score (nSPS) is 12.2. The van der Waals surface area contributed by atoms with Crippen molar-refractivity contribution in [3.8, 4) is 0 Å². The van der Waals surface area contributed by atoms with Crippen LogP contribution in [0.2, 0.25) is 0 Å². The molecule has 12 nitrogen and oxygen atoms in total. The van der Waals surface area contributed by atoms with Gasteiger partial charge in [-0.3, -0.25) is 14.4 Å². The average Bonchev–Trinajstić information content (AvgIpc) is 2.61. The molecule has 0 aromatic heterocycles. The molecule has 0 aliphatic heterocycles. The quantitative estimate of drug-likeness (QED) is 0.173. The van der Waals surface area contributed by atoms with Crippen LogP contribution >= 0.6 is 37.9 Å². The molecule has 3 amide bonds. The first-order valence-electron chi connectivity index (χ1n) is 8.05. The van der Waals surface area contributed by atoms with Crippen molar-refractivity contribution < 1.29 is 44.1 Å². The molecule has 0 fully saturated rings. The molecule has 0 bridgehead atoms. The molecular weight excluding hydrogens is 462 g/mol. The monoisotopic (exact) mass is 489 g/mol. The molecule has 6 N–H and O–H groups in total. The van der Waals surface area contributed by atoms with Crippen molar-refractivity contribution in [1.82, 2.24) is 16.0 Å². The predicted octanol–water partition coefficient (Wildman–Crippen LogP) is -1.48. The van der Waals surface area contributed by atoms with E-state index in [0.29, 0.717) is 0 Å². The smallest absolute Gasteiger partial charge is 0.327 e. The molecule has 3 atom stereocenters. The van der Waals surface area contributed by atoms with Gasteiger partial charge in [0.15, 0.2) is 0 Å². The maximum absolute atomic E-state index is 10.3. The Bertz CT molecular complexity index is 524. The molecule has 15 heteroatoms. The average molecular weight is 490 g/mol. The van der Waals surface area contributed by atoms with Crippen LogP contribution in [0.5, 0.6) is 0 Å². The number of carbonyl (C=O) groups excluding carboxylic acids is 3. The Morgan fingerprint density at radius 3 is 0.767 bits per heavy atom. The zero-order valence-electron chi connectivity index (χ0n) is 16.5. The first-order chi connectivity index (χ1) is 13.7. The minimum Gasteiger partial charge on any atom is -0.480 e. The molecule has 0 rings (SSSR count). The predicted molar refractivity (Wildman–Crippen MR) is 117 cm³/mol. The highest BCUT2D eigenvalue weighted by atomic mass is 32.1. The minimum atomic E-state index is -1.06. The molecule has 0 heterocycles. The van der Waals surface area contributed by atoms with Crippen molar-refractivity contribution in [2.75, 3.05) is 17.3 Å². The Morgan fingerprint density at radius 2 is 0.733 bits per heavy atom. The van der Waals surface area contributed by atoms with Crippen molar-refractivity contribution in [1.29, 1.82) is 0 Å². The van der Waals surface area contributed by atoms with Crippen molar-refractivity contribution in [2.24, 2.45) is 0 Å². The first kappa shape index (κ1) is 32.5. The molecule has 1 unspecified atom stereocenters. The summed E-state index contributed by atoms with van der Waals surface area (Å²) in [7, 11) is 0. The Labute approximate surface area is 189 Å². The third-order valence-corrected chi connectivity index (χ3v) is 3.67. The lowest BCUT2D eigenvalue weighted by Crippen LogP contribution is -2.40. The van der Waals surface area contributed by atoms with Gasteiger partial charge >= 0.3 is 17.9 Å². The number of hydrogen-bond donors (Lipinski definition) is 9. The van der Waals surface area contributed by atoms with E-state index in [2.05, 4.69) is 53.8 Å². The Balaban J connectivity index is -0.000000364. The summed E-state index contributed by atoms with van der Waals surface area (Å²) in [5, 5.41) is 31.7. The molecular formula is C15H27N3O9S3. The van der Waals surface area contributed by atoms with Crippen LogP contribution in [-0.4, -0.2) is 86.3 Å². The second-order valence-electron chi connectivity index (χ2n) is 5.32. The zero-order chi connectivity index (χ0) is 24.4. The minimum absolute atomic E-state index is 0.106. The summed E-state index contributed by atoms with van der Waals surface area (Å²) in [6.07, 6.45) is 0. The van der Waals surface area contributed by atoms with E-state index >= 15 is 0 Å². The van der Waals surface area contributed by atoms with Crippen LogP contribution in [0.3, 0.4) is 0 Å². The van der Waals surface area contributed by atoms with E-state index in [9.17, 15) is 28.8 Å². The highest BCUT2D eigenvalue weighted by molar-refractivity contribution is 7.80. The van der Waals surface area contributed by atoms with Gasteiger partial charge in [0.2, 0.25) is 17.7 Å². The Hall–Kier alpha value is -2.13. The van der Waals surface area contributed by atoms with Gasteiger partial charge in [0.05, 0.1) is 0 Å². The second kappa shape index (κ2) is 18.9. The van der Waals surface area contributed by atoms with E-state index in [4.69, 9.17) is 15.3 Å². The maximum atomic E-state index is 10.3. The van der Waals surface area contributed by atoms with Crippen molar-refractivity contribution in [3.63, 3.8) is 0 Å². The number of amides is 3. The number of carboxylic acid groups (broad SMARTS) is 3. The van der Waals surface area contributed by atoms with Gasteiger partial charge in [-0.1, -0.05) is 0 Å². The van der Waals surface area contributed by atoms with Crippen LogP contribution in [0, 0.1) is 0 Å². The third-order valence-electron chi connectivity index (χ3n) is 2.57. The van der Waals surface area contributed by atoms with Gasteiger partial charge in [0.1, 0.15) is 18.1 Å². The molecule has 0 aliphatic carbocycles. The van der Waals surface area contributed by atoms with E-state index in [1.54, 1.807) is 0 Å². The van der Waals surface area contributed by atoms with Gasteiger partial charge in [0.25, 0.3) is 0 Å². The third kappa shape index (κ3) is 20.6. The lowest BCUT2D eigenvalue weighted by atomic mass is 10.3. The number of aliphatic carboxylic acids is 3. The summed E-state index contributed by atoms with van der Waals surface area (Å²) in [6, 6.07) is -2.62. The number of thiol groups is 3. The first-order valence-corrected chi connectivity index (χ1v) is 9.95. The van der Waals surface area contributed by atoms with Crippen LogP contribution in [-0.2, 0) is 28.8 Å². The molecule has 30 heavy (non-hydrogen) atoms. The van der Waals surface area contributed by atoms with Gasteiger partial charge < -0.3 is 31.3 Å². The van der Waals surface area contributed by atoms with Crippen molar-refractivity contribution in [2.45, 2.75) is 38.9 Å². The van der Waals surface area contributed by atoms with Gasteiger partial charge in [-0.2, -0.15) is 37.9 Å². The lowest BCUT2D eigenvalue weighted by molar-refractivity contribution is -0.141. The largest absolute Gasteiger partial charge is 0.480 e. The van der Waals surface area contributed by atoms with Crippen LogP contribution < -0.4 is 16.0 Å². The van der Waals surface area contributed by atoms with E-state index < -0.39 is 36.0 Å². The van der Waals surface area contributed by atoms with Gasteiger partial charge in [0, 0.05) is 38.0 Å². The molecule has 0 radical (unpaired) electrons. The van der Waals surface area contributed by atoms with Crippen molar-refractivity contribution in [3.05, 3.63) is 0 Å². The molecule has 0 saturated heterocycles. The molecule has 0 aliphatic rings. The summed E-state index contributed by atoms with van der Waals surface area (Å²) in [4.78, 5) is 61.5. The van der Waals surface area contributed by atoms with E-state index in [0.717, 1.165) is 0 Å². The summed E-state index contributed by atoms with van der Waals surface area (Å²) in [5.41, 5.74) is 0. The molecule has 0 aromatic rings. The fraction of sp³-hybridized carbons (Fsp3) is 0.600. The van der Waals surface area contributed by atoms with Crippen LogP contribution in [0.25, 0.3) is 0 Å². The summed E-state index contributed by atoms with van der Waals surface area (Å²) < 4.78 is 0. The van der Waals surface area contributed by atoms with E-state index in [1.165, 1.54) is 20.8 Å². The zero-order valence-corrected chi connectivity index (χ0v) is 19.2. The fourth-order valence-corrected chi connectivity index (χ4v) is 2.03. The van der Waals surface area contributed by atoms with Gasteiger partial charge in [-0.05, 0) is 0 Å². The number of hydrogen-bond acceptors (Lipinski definition) is 9. The summed E-state index contributed by atoms with van der Waals surface area (Å²) in [6.45, 7) is 3.79. The standard InChI is InChI=1S/3C5H9NO3S/c3*1-3(7)6-4(2-10)5(8)9/h3*4,10H,2H2,1H3,(H,6,7)(H,8,9)/t2*4-;/m10./s1. The number of nitrogens with one attached hydrogen (secondary N) is 3. The fourth-order valence-electron chi connectivity index (χ4n) is 1.29. The van der Waals surface area contributed by atoms with Crippen LogP contribution in [0.4, 0.5) is 0 Å². The number of rotatable bonds is 9. The summed E-state index contributed by atoms with van der Waals surface area (Å²) in [5.74, 6) is -3.95. The number of carboxylic acids is 3. The van der Waals surface area contributed by atoms with Crippen LogP contribution in [0.1, 0.15) is 20.8 Å². The molecule has 174 valence electrons. The summed E-state index contributed by atoms with van der Waals surface area (Å²) >= 11 is 11.2. The maximum Gasteiger partial charge on any atom is 0.327 e. The number of carbonyl (C=O) groups is 6. The topological polar surface area (TPSA) is 199 Å². The second-order valence-corrected chi connectivity index (χ2v) is 6.42. The van der Waals surface area contributed by atoms with Gasteiger partial charge in [-0.15, -0.1) is 0 Å². The highest BCUT2D eigenvalue weighted by Gasteiger charge is 2.16.